The highest BCUT2D eigenvalue weighted by Crippen LogP contribution is 2.32. The zero-order valence-corrected chi connectivity index (χ0v) is 20.3. The molecule has 12 heteroatoms. The van der Waals surface area contributed by atoms with Gasteiger partial charge < -0.3 is 27.2 Å². The fraction of sp³-hybridized carbons (Fsp3) is 0.192. The number of carboxylic acid groups (broad SMARTS) is 1. The Morgan fingerprint density at radius 1 is 1.11 bits per heavy atom. The smallest absolute Gasteiger partial charge is 0.335 e. The van der Waals surface area contributed by atoms with Gasteiger partial charge in [-0.3, -0.25) is 14.0 Å². The lowest BCUT2D eigenvalue weighted by Gasteiger charge is -2.15. The highest BCUT2D eigenvalue weighted by atomic mass is 19.1. The van der Waals surface area contributed by atoms with Gasteiger partial charge in [0.25, 0.3) is 11.8 Å². The van der Waals surface area contributed by atoms with E-state index in [0.717, 1.165) is 11.1 Å². The van der Waals surface area contributed by atoms with Crippen LogP contribution >= 0.6 is 0 Å². The first-order valence-corrected chi connectivity index (χ1v) is 11.8. The number of aryl methyl sites for hydroxylation is 2. The van der Waals surface area contributed by atoms with E-state index in [9.17, 15) is 23.9 Å². The lowest BCUT2D eigenvalue weighted by molar-refractivity contribution is 0.0696. The minimum atomic E-state index is -1.02. The van der Waals surface area contributed by atoms with Gasteiger partial charge >= 0.3 is 5.97 Å². The Bertz CT molecular complexity index is 1630. The van der Waals surface area contributed by atoms with E-state index in [1.54, 1.807) is 31.2 Å². The van der Waals surface area contributed by atoms with Crippen molar-refractivity contribution in [2.24, 2.45) is 0 Å². The number of nitrogens with one attached hydrogen (secondary N) is 2. The number of halogens is 1. The first kappa shape index (κ1) is 24.7. The third kappa shape index (κ3) is 4.47. The number of aromatic carboxylic acids is 1. The second kappa shape index (κ2) is 9.47. The molecular weight excluding hydrogens is 493 g/mol. The second-order valence-electron chi connectivity index (χ2n) is 9.09. The first-order chi connectivity index (χ1) is 18.1. The zero-order valence-electron chi connectivity index (χ0n) is 20.3. The Balaban J connectivity index is 1.42. The molecule has 0 aliphatic heterocycles. The Kier molecular flexibility index (Phi) is 6.15. The highest BCUT2D eigenvalue weighted by molar-refractivity contribution is 5.99. The number of imidazole rings is 1. The normalized spacial score (nSPS) is 14.3. The monoisotopic (exact) mass is 517 g/mol. The molecule has 2 amide bonds. The van der Waals surface area contributed by atoms with Gasteiger partial charge in [-0.1, -0.05) is 18.2 Å². The molecule has 38 heavy (non-hydrogen) atoms. The fourth-order valence-electron chi connectivity index (χ4n) is 4.64. The average Bonchev–Trinajstić information content (AvgIpc) is 3.43. The molecule has 194 valence electrons. The molecule has 2 heterocycles. The van der Waals surface area contributed by atoms with Crippen molar-refractivity contribution in [3.63, 3.8) is 0 Å². The Hall–Kier alpha value is -5.00. The quantitative estimate of drug-likeness (QED) is 0.259. The fourth-order valence-corrected chi connectivity index (χ4v) is 4.64. The summed E-state index contributed by atoms with van der Waals surface area (Å²) in [5.41, 5.74) is 14.9. The van der Waals surface area contributed by atoms with Gasteiger partial charge in [0.2, 0.25) is 5.95 Å². The topological polar surface area (TPSA) is 178 Å². The van der Waals surface area contributed by atoms with Crippen LogP contribution in [-0.2, 0) is 13.0 Å². The molecule has 2 aromatic heterocycles. The Morgan fingerprint density at radius 2 is 1.89 bits per heavy atom. The number of nitrogen functional groups attached to an aromatic ring is 2. The predicted octanol–water partition coefficient (Wildman–Crippen LogP) is 2.39. The molecule has 0 spiro atoms. The number of carbonyl (C=O) groups excluding carboxylic acids is 2. The molecule has 2 aromatic carbocycles. The Morgan fingerprint density at radius 3 is 2.63 bits per heavy atom. The van der Waals surface area contributed by atoms with E-state index in [0.29, 0.717) is 24.0 Å². The lowest BCUT2D eigenvalue weighted by Crippen LogP contribution is -2.30. The number of nitrogens with zero attached hydrogens (tertiary/aromatic N) is 3. The molecule has 0 saturated heterocycles. The number of hydrogen-bond donors (Lipinski definition) is 5. The maximum absolute atomic E-state index is 13.6. The molecule has 0 saturated carbocycles. The van der Waals surface area contributed by atoms with Gasteiger partial charge in [0.05, 0.1) is 11.6 Å². The summed E-state index contributed by atoms with van der Waals surface area (Å²) in [5, 5.41) is 14.9. The van der Waals surface area contributed by atoms with E-state index in [1.165, 1.54) is 22.6 Å². The van der Waals surface area contributed by atoms with Gasteiger partial charge in [0.15, 0.2) is 11.5 Å². The first-order valence-electron chi connectivity index (χ1n) is 11.8. The van der Waals surface area contributed by atoms with Crippen molar-refractivity contribution in [2.45, 2.75) is 32.4 Å². The summed E-state index contributed by atoms with van der Waals surface area (Å²) in [7, 11) is 0. The van der Waals surface area contributed by atoms with Crippen LogP contribution in [0.4, 0.5) is 16.2 Å². The summed E-state index contributed by atoms with van der Waals surface area (Å²) in [4.78, 5) is 46.0. The van der Waals surface area contributed by atoms with E-state index in [2.05, 4.69) is 20.6 Å². The van der Waals surface area contributed by atoms with Crippen LogP contribution in [0.1, 0.15) is 66.1 Å². The van der Waals surface area contributed by atoms with Crippen LogP contribution in [-0.4, -0.2) is 37.3 Å². The van der Waals surface area contributed by atoms with Crippen LogP contribution < -0.4 is 22.1 Å². The number of carboxylic acids is 1. The largest absolute Gasteiger partial charge is 0.478 e. The minimum Gasteiger partial charge on any atom is -0.478 e. The van der Waals surface area contributed by atoms with Gasteiger partial charge in [0.1, 0.15) is 17.2 Å². The van der Waals surface area contributed by atoms with Gasteiger partial charge in [-0.15, -0.1) is 0 Å². The van der Waals surface area contributed by atoms with Crippen molar-refractivity contribution in [1.29, 1.82) is 0 Å². The van der Waals surface area contributed by atoms with Gasteiger partial charge in [0, 0.05) is 6.54 Å². The van der Waals surface area contributed by atoms with E-state index in [1.807, 2.05) is 0 Å². The molecular formula is C26H24FN7O4. The average molecular weight is 518 g/mol. The van der Waals surface area contributed by atoms with Crippen LogP contribution in [0.25, 0.3) is 5.65 Å². The van der Waals surface area contributed by atoms with Gasteiger partial charge in [-0.25, -0.2) is 14.2 Å². The van der Waals surface area contributed by atoms with Gasteiger partial charge in [-0.05, 0) is 66.3 Å². The van der Waals surface area contributed by atoms with Crippen LogP contribution in [0.2, 0.25) is 0 Å². The van der Waals surface area contributed by atoms with E-state index >= 15 is 0 Å². The van der Waals surface area contributed by atoms with E-state index in [4.69, 9.17) is 11.5 Å². The molecule has 4 aromatic rings. The van der Waals surface area contributed by atoms with Crippen molar-refractivity contribution in [3.05, 3.63) is 87.5 Å². The van der Waals surface area contributed by atoms with Crippen LogP contribution in [0.5, 0.6) is 0 Å². The maximum atomic E-state index is 13.6. The molecule has 11 nitrogen and oxygen atoms in total. The van der Waals surface area contributed by atoms with E-state index in [-0.39, 0.29) is 52.8 Å². The van der Waals surface area contributed by atoms with Crippen LogP contribution in [0, 0.1) is 12.7 Å². The number of hydrogen-bond acceptors (Lipinski definition) is 7. The number of fused-ring (bicyclic) bond motifs is 2. The number of benzene rings is 2. The minimum absolute atomic E-state index is 0.00129. The summed E-state index contributed by atoms with van der Waals surface area (Å²) in [6.07, 6.45) is 1.19. The summed E-state index contributed by atoms with van der Waals surface area (Å²) in [5.74, 6) is -2.59. The number of carbonyl (C=O) groups is 3. The SMILES string of the molecule is Cc1cc(CNC(=O)c2cc(C(=O)N[C@H]3CCc4cc(C(=O)O)ccc43)nc3c(N)nc(N)n23)ccc1F. The van der Waals surface area contributed by atoms with E-state index < -0.39 is 17.8 Å². The van der Waals surface area contributed by atoms with Crippen LogP contribution in [0.15, 0.2) is 42.5 Å². The predicted molar refractivity (Wildman–Crippen MR) is 136 cm³/mol. The van der Waals surface area contributed by atoms with Gasteiger partial charge in [-0.2, -0.15) is 4.98 Å². The molecule has 1 aliphatic rings. The molecule has 1 aliphatic carbocycles. The van der Waals surface area contributed by atoms with Crippen molar-refractivity contribution >= 4 is 35.2 Å². The third-order valence-electron chi connectivity index (χ3n) is 6.56. The molecule has 7 N–H and O–H groups in total. The van der Waals surface area contributed by atoms with Crippen molar-refractivity contribution in [2.75, 3.05) is 11.5 Å². The molecule has 0 fully saturated rings. The summed E-state index contributed by atoms with van der Waals surface area (Å²) in [6.45, 7) is 1.73. The van der Waals surface area contributed by atoms with Crippen molar-refractivity contribution < 1.29 is 23.9 Å². The van der Waals surface area contributed by atoms with Crippen molar-refractivity contribution in [1.82, 2.24) is 25.0 Å². The lowest BCUT2D eigenvalue weighted by atomic mass is 10.0. The number of anilines is 2. The zero-order chi connectivity index (χ0) is 27.1. The highest BCUT2D eigenvalue weighted by Gasteiger charge is 2.27. The summed E-state index contributed by atoms with van der Waals surface area (Å²) < 4.78 is 14.8. The summed E-state index contributed by atoms with van der Waals surface area (Å²) >= 11 is 0. The van der Waals surface area contributed by atoms with Crippen LogP contribution in [0.3, 0.4) is 0 Å². The third-order valence-corrected chi connectivity index (χ3v) is 6.56. The molecule has 5 rings (SSSR count). The summed E-state index contributed by atoms with van der Waals surface area (Å²) in [6, 6.07) is 10.2. The molecule has 0 unspecified atom stereocenters. The second-order valence-corrected chi connectivity index (χ2v) is 9.09. The maximum Gasteiger partial charge on any atom is 0.335 e. The number of rotatable bonds is 6. The number of aromatic nitrogens is 3. The molecule has 0 bridgehead atoms. The number of nitrogens with two attached hydrogens (primary N) is 2. The van der Waals surface area contributed by atoms with Crippen molar-refractivity contribution in [3.8, 4) is 0 Å². The number of amides is 2. The molecule has 1 atom stereocenters. The molecule has 0 radical (unpaired) electrons. The Labute approximate surface area is 215 Å². The standard InChI is InChI=1S/C26H24FN7O4/c1-12-8-13(2-6-17(12)27)11-30-24(36)20-10-19(31-22-21(28)33-26(29)34(20)22)23(35)32-18-7-4-14-9-15(25(37)38)3-5-16(14)18/h2-3,5-6,8-10,18H,4,7,11,28H2,1H3,(H2,29,33)(H,30,36)(H,32,35)(H,37,38)/t18-/m0/s1.